The van der Waals surface area contributed by atoms with Gasteiger partial charge in [-0.25, -0.2) is 0 Å². The molecule has 1 aromatic rings. The second kappa shape index (κ2) is 10.0. The zero-order chi connectivity index (χ0) is 19.9. The van der Waals surface area contributed by atoms with Crippen LogP contribution in [0.25, 0.3) is 0 Å². The Balaban J connectivity index is 1.44. The Morgan fingerprint density at radius 3 is 2.57 bits per heavy atom. The molecule has 2 amide bonds. The number of thioether (sulfide) groups is 1. The molecule has 1 atom stereocenters. The van der Waals surface area contributed by atoms with Crippen molar-refractivity contribution in [2.24, 2.45) is 5.92 Å². The monoisotopic (exact) mass is 407 g/mol. The predicted molar refractivity (Wildman–Crippen MR) is 111 cm³/mol. The molecule has 2 fully saturated rings. The number of hydrogen-bond acceptors (Lipinski definition) is 6. The molecule has 0 spiro atoms. The number of amides is 2. The van der Waals surface area contributed by atoms with E-state index in [9.17, 15) is 9.59 Å². The van der Waals surface area contributed by atoms with E-state index in [1.165, 1.54) is 32.1 Å². The van der Waals surface area contributed by atoms with Crippen molar-refractivity contribution in [1.82, 2.24) is 10.2 Å². The van der Waals surface area contributed by atoms with Crippen LogP contribution in [0.4, 0.5) is 5.69 Å². The number of nitrogens with zero attached hydrogens (tertiary/aromatic N) is 1. The van der Waals surface area contributed by atoms with Crippen LogP contribution in [0.15, 0.2) is 18.2 Å². The highest BCUT2D eigenvalue weighted by molar-refractivity contribution is 7.99. The Labute approximate surface area is 170 Å². The van der Waals surface area contributed by atoms with E-state index < -0.39 is 11.8 Å². The molecule has 28 heavy (non-hydrogen) atoms. The molecule has 7 nitrogen and oxygen atoms in total. The molecule has 3 rings (SSSR count). The van der Waals surface area contributed by atoms with Gasteiger partial charge in [-0.3, -0.25) is 14.5 Å². The first kappa shape index (κ1) is 20.8. The van der Waals surface area contributed by atoms with Gasteiger partial charge in [0.2, 0.25) is 0 Å². The summed E-state index contributed by atoms with van der Waals surface area (Å²) < 4.78 is 10.4. The Hall–Kier alpha value is -1.93. The summed E-state index contributed by atoms with van der Waals surface area (Å²) in [7, 11) is 3.05. The van der Waals surface area contributed by atoms with Crippen molar-refractivity contribution in [3.8, 4) is 11.5 Å². The zero-order valence-electron chi connectivity index (χ0n) is 16.5. The molecule has 0 aliphatic carbocycles. The lowest BCUT2D eigenvalue weighted by Gasteiger charge is -2.35. The Kier molecular flexibility index (Phi) is 7.44. The van der Waals surface area contributed by atoms with Crippen LogP contribution in [0.5, 0.6) is 11.5 Å². The summed E-state index contributed by atoms with van der Waals surface area (Å²) >= 11 is 2.04. The van der Waals surface area contributed by atoms with Crippen LogP contribution in [0.1, 0.15) is 19.3 Å². The molecule has 2 aliphatic heterocycles. The molecule has 0 aromatic heterocycles. The maximum absolute atomic E-state index is 12.2. The van der Waals surface area contributed by atoms with Crippen LogP contribution in [-0.4, -0.2) is 68.1 Å². The van der Waals surface area contributed by atoms with Gasteiger partial charge in [0.25, 0.3) is 0 Å². The molecule has 2 saturated heterocycles. The SMILES string of the molecule is COc1ccc(OC)c(NC(=O)C(=O)NCC2CCN(C3CCSC3)CC2)c1. The topological polar surface area (TPSA) is 79.9 Å². The first-order valence-corrected chi connectivity index (χ1v) is 10.9. The van der Waals surface area contributed by atoms with E-state index in [1.807, 2.05) is 11.8 Å². The van der Waals surface area contributed by atoms with Gasteiger partial charge in [-0.2, -0.15) is 11.8 Å². The molecule has 154 valence electrons. The van der Waals surface area contributed by atoms with Gasteiger partial charge in [-0.15, -0.1) is 0 Å². The van der Waals surface area contributed by atoms with Crippen molar-refractivity contribution in [1.29, 1.82) is 0 Å². The minimum absolute atomic E-state index is 0.407. The molecular formula is C20H29N3O4S. The molecular weight excluding hydrogens is 378 g/mol. The lowest BCUT2D eigenvalue weighted by atomic mass is 9.95. The van der Waals surface area contributed by atoms with Crippen LogP contribution in [0, 0.1) is 5.92 Å². The van der Waals surface area contributed by atoms with Crippen molar-refractivity contribution in [2.45, 2.75) is 25.3 Å². The van der Waals surface area contributed by atoms with Crippen LogP contribution in [0.3, 0.4) is 0 Å². The second-order valence-corrected chi connectivity index (χ2v) is 8.38. The standard InChI is InChI=1S/C20H29N3O4S/c1-26-16-3-4-18(27-2)17(11-16)22-20(25)19(24)21-12-14-5-8-23(9-6-14)15-7-10-28-13-15/h3-4,11,14-15H,5-10,12-13H2,1-2H3,(H,21,24)(H,22,25). The number of benzene rings is 1. The molecule has 0 bridgehead atoms. The number of carbonyl (C=O) groups excluding carboxylic acids is 2. The van der Waals surface area contributed by atoms with E-state index in [0.29, 0.717) is 29.6 Å². The number of nitrogens with one attached hydrogen (secondary N) is 2. The largest absolute Gasteiger partial charge is 0.497 e. The average Bonchev–Trinajstić information content (AvgIpc) is 3.27. The summed E-state index contributed by atoms with van der Waals surface area (Å²) in [4.78, 5) is 27.0. The van der Waals surface area contributed by atoms with Crippen molar-refractivity contribution < 1.29 is 19.1 Å². The van der Waals surface area contributed by atoms with E-state index in [2.05, 4.69) is 15.5 Å². The third-order valence-corrected chi connectivity index (χ3v) is 6.63. The first-order valence-electron chi connectivity index (χ1n) is 9.73. The van der Waals surface area contributed by atoms with E-state index in [4.69, 9.17) is 9.47 Å². The summed E-state index contributed by atoms with van der Waals surface area (Å²) in [5, 5.41) is 5.38. The Morgan fingerprint density at radius 1 is 1.14 bits per heavy atom. The van der Waals surface area contributed by atoms with Gasteiger partial charge in [-0.05, 0) is 56.2 Å². The second-order valence-electron chi connectivity index (χ2n) is 7.23. The van der Waals surface area contributed by atoms with Gasteiger partial charge in [0.1, 0.15) is 11.5 Å². The van der Waals surface area contributed by atoms with Crippen LogP contribution < -0.4 is 20.1 Å². The fraction of sp³-hybridized carbons (Fsp3) is 0.600. The summed E-state index contributed by atoms with van der Waals surface area (Å²) in [6.45, 7) is 2.70. The van der Waals surface area contributed by atoms with Gasteiger partial charge in [0.15, 0.2) is 0 Å². The summed E-state index contributed by atoms with van der Waals surface area (Å²) in [5.41, 5.74) is 0.407. The van der Waals surface area contributed by atoms with Gasteiger partial charge < -0.3 is 20.1 Å². The normalized spacial score (nSPS) is 20.6. The number of methoxy groups -OCH3 is 2. The average molecular weight is 408 g/mol. The van der Waals surface area contributed by atoms with Gasteiger partial charge in [0.05, 0.1) is 19.9 Å². The van der Waals surface area contributed by atoms with Gasteiger partial charge in [0, 0.05) is 24.4 Å². The number of rotatable bonds is 6. The quantitative estimate of drug-likeness (QED) is 0.702. The van der Waals surface area contributed by atoms with Crippen molar-refractivity contribution in [3.05, 3.63) is 18.2 Å². The summed E-state index contributed by atoms with van der Waals surface area (Å²) in [6.07, 6.45) is 3.42. The molecule has 1 aromatic carbocycles. The van der Waals surface area contributed by atoms with Crippen LogP contribution in [-0.2, 0) is 9.59 Å². The highest BCUT2D eigenvalue weighted by Crippen LogP contribution is 2.29. The number of piperidine rings is 1. The predicted octanol–water partition coefficient (Wildman–Crippen LogP) is 1.98. The van der Waals surface area contributed by atoms with Crippen molar-refractivity contribution in [3.63, 3.8) is 0 Å². The highest BCUT2D eigenvalue weighted by Gasteiger charge is 2.28. The highest BCUT2D eigenvalue weighted by atomic mass is 32.2. The minimum Gasteiger partial charge on any atom is -0.497 e. The number of carbonyl (C=O) groups is 2. The molecule has 8 heteroatoms. The fourth-order valence-corrected chi connectivity index (χ4v) is 5.00. The smallest absolute Gasteiger partial charge is 0.313 e. The van der Waals surface area contributed by atoms with E-state index >= 15 is 0 Å². The van der Waals surface area contributed by atoms with Crippen molar-refractivity contribution in [2.75, 3.05) is 50.7 Å². The lowest BCUT2D eigenvalue weighted by Crippen LogP contribution is -2.45. The number of hydrogen-bond donors (Lipinski definition) is 2. The van der Waals surface area contributed by atoms with E-state index in [-0.39, 0.29) is 0 Å². The lowest BCUT2D eigenvalue weighted by molar-refractivity contribution is -0.136. The van der Waals surface area contributed by atoms with Crippen LogP contribution in [0.2, 0.25) is 0 Å². The molecule has 2 N–H and O–H groups in total. The Bertz CT molecular complexity index is 686. The summed E-state index contributed by atoms with van der Waals surface area (Å²) in [6, 6.07) is 5.76. The zero-order valence-corrected chi connectivity index (χ0v) is 17.3. The maximum atomic E-state index is 12.2. The van der Waals surface area contributed by atoms with Crippen LogP contribution >= 0.6 is 11.8 Å². The first-order chi connectivity index (χ1) is 13.6. The molecule has 0 saturated carbocycles. The third-order valence-electron chi connectivity index (χ3n) is 5.48. The summed E-state index contributed by atoms with van der Waals surface area (Å²) in [5.74, 6) is 2.66. The van der Waals surface area contributed by atoms with E-state index in [0.717, 1.165) is 32.0 Å². The maximum Gasteiger partial charge on any atom is 0.313 e. The third kappa shape index (κ3) is 5.32. The molecule has 2 aliphatic rings. The molecule has 0 radical (unpaired) electrons. The molecule has 1 unspecified atom stereocenters. The number of likely N-dealkylation sites (tertiary alicyclic amines) is 1. The van der Waals surface area contributed by atoms with Crippen molar-refractivity contribution >= 4 is 29.3 Å². The fourth-order valence-electron chi connectivity index (χ4n) is 3.74. The Morgan fingerprint density at radius 2 is 1.93 bits per heavy atom. The number of ether oxygens (including phenoxy) is 2. The van der Waals surface area contributed by atoms with E-state index in [1.54, 1.807) is 18.2 Å². The number of anilines is 1. The van der Waals surface area contributed by atoms with Gasteiger partial charge >= 0.3 is 11.8 Å². The minimum atomic E-state index is -0.702. The van der Waals surface area contributed by atoms with Gasteiger partial charge in [-0.1, -0.05) is 0 Å². The molecule has 2 heterocycles.